The highest BCUT2D eigenvalue weighted by atomic mass is 32.2. The highest BCUT2D eigenvalue weighted by Crippen LogP contribution is 2.28. The lowest BCUT2D eigenvalue weighted by Gasteiger charge is -2.29. The average molecular weight is 440 g/mol. The first kappa shape index (κ1) is 20.2. The molecule has 0 aromatic heterocycles. The number of ether oxygens (including phenoxy) is 1. The number of nitrogens with zero attached hydrogens (tertiary/aromatic N) is 1. The van der Waals surface area contributed by atoms with E-state index in [0.29, 0.717) is 21.6 Å². The second-order valence-electron chi connectivity index (χ2n) is 6.96. The van der Waals surface area contributed by atoms with Gasteiger partial charge in [0.1, 0.15) is 6.61 Å². The Balaban J connectivity index is 1.58. The minimum atomic E-state index is -4.99. The van der Waals surface area contributed by atoms with Gasteiger partial charge in [0.2, 0.25) is 0 Å². The highest BCUT2D eigenvalue weighted by molar-refractivity contribution is 7.92. The summed E-state index contributed by atoms with van der Waals surface area (Å²) >= 11 is 0. The van der Waals surface area contributed by atoms with E-state index < -0.39 is 28.1 Å². The fourth-order valence-electron chi connectivity index (χ4n) is 3.44. The second-order valence-corrected chi connectivity index (χ2v) is 8.64. The first-order valence-electron chi connectivity index (χ1n) is 8.85. The maximum atomic E-state index is 12.8. The number of esters is 1. The van der Waals surface area contributed by atoms with E-state index in [1.165, 1.54) is 30.3 Å². The van der Waals surface area contributed by atoms with E-state index >= 15 is 0 Å². The Morgan fingerprint density at radius 1 is 1.07 bits per heavy atom. The number of cyclic esters (lactones) is 1. The number of fused-ring (bicyclic) bond motifs is 2. The molecule has 2 aromatic carbocycles. The number of benzene rings is 2. The number of alkyl halides is 3. The van der Waals surface area contributed by atoms with Crippen molar-refractivity contribution in [1.82, 2.24) is 4.90 Å². The summed E-state index contributed by atoms with van der Waals surface area (Å²) < 4.78 is 70.9. The smallest absolute Gasteiger partial charge is 0.457 e. The molecular formula is C19H15F3N2O5S. The third-order valence-electron chi connectivity index (χ3n) is 4.97. The van der Waals surface area contributed by atoms with Crippen LogP contribution in [-0.4, -0.2) is 37.9 Å². The van der Waals surface area contributed by atoms with Gasteiger partial charge in [-0.3, -0.25) is 9.52 Å². The standard InChI is InChI=1S/C19H15F3N2O5S/c20-19(21,22)18(26)24-6-5-11-2-4-15(7-13(11)9-24)30(27,28)23-14-3-1-12-10-29-17(25)16(12)8-14/h1-4,7-8,23H,5-6,9-10H2. The van der Waals surface area contributed by atoms with Crippen LogP contribution in [0.5, 0.6) is 0 Å². The van der Waals surface area contributed by atoms with E-state index in [-0.39, 0.29) is 42.3 Å². The van der Waals surface area contributed by atoms with Crippen LogP contribution in [0.4, 0.5) is 18.9 Å². The minimum absolute atomic E-state index is 0.0963. The lowest BCUT2D eigenvalue weighted by atomic mass is 10.00. The van der Waals surface area contributed by atoms with Crippen LogP contribution in [0.1, 0.15) is 27.0 Å². The molecule has 7 nitrogen and oxygen atoms in total. The first-order chi connectivity index (χ1) is 14.0. The van der Waals surface area contributed by atoms with Crippen molar-refractivity contribution in [3.05, 3.63) is 58.7 Å². The molecule has 0 unspecified atom stereocenters. The Morgan fingerprint density at radius 3 is 2.53 bits per heavy atom. The van der Waals surface area contributed by atoms with Gasteiger partial charge in [-0.1, -0.05) is 12.1 Å². The van der Waals surface area contributed by atoms with Crippen LogP contribution in [0.25, 0.3) is 0 Å². The van der Waals surface area contributed by atoms with Crippen molar-refractivity contribution < 1.29 is 35.9 Å². The van der Waals surface area contributed by atoms with Crippen molar-refractivity contribution in [2.75, 3.05) is 11.3 Å². The number of halogens is 3. The van der Waals surface area contributed by atoms with Gasteiger partial charge in [0.25, 0.3) is 10.0 Å². The average Bonchev–Trinajstić information content (AvgIpc) is 3.06. The van der Waals surface area contributed by atoms with E-state index in [2.05, 4.69) is 4.72 Å². The van der Waals surface area contributed by atoms with Gasteiger partial charge in [-0.2, -0.15) is 13.2 Å². The monoisotopic (exact) mass is 440 g/mol. The molecule has 1 N–H and O–H groups in total. The van der Waals surface area contributed by atoms with E-state index in [0.717, 1.165) is 0 Å². The third-order valence-corrected chi connectivity index (χ3v) is 6.35. The number of hydrogen-bond acceptors (Lipinski definition) is 5. The van der Waals surface area contributed by atoms with Gasteiger partial charge in [-0.25, -0.2) is 13.2 Å². The topological polar surface area (TPSA) is 92.8 Å². The lowest BCUT2D eigenvalue weighted by molar-refractivity contribution is -0.186. The van der Waals surface area contributed by atoms with Gasteiger partial charge < -0.3 is 9.64 Å². The number of amides is 1. The molecule has 0 atom stereocenters. The maximum Gasteiger partial charge on any atom is 0.471 e. The minimum Gasteiger partial charge on any atom is -0.457 e. The highest BCUT2D eigenvalue weighted by Gasteiger charge is 2.43. The summed E-state index contributed by atoms with van der Waals surface area (Å²) in [6.45, 7) is -0.304. The van der Waals surface area contributed by atoms with Crippen LogP contribution < -0.4 is 4.72 Å². The zero-order valence-electron chi connectivity index (χ0n) is 15.3. The fourth-order valence-corrected chi connectivity index (χ4v) is 4.54. The predicted molar refractivity (Wildman–Crippen MR) is 98.0 cm³/mol. The van der Waals surface area contributed by atoms with E-state index in [9.17, 15) is 31.2 Å². The SMILES string of the molecule is O=C1OCc2ccc(NS(=O)(=O)c3ccc4c(c3)CN(C(=O)C(F)(F)F)CC4)cc21. The van der Waals surface area contributed by atoms with Crippen molar-refractivity contribution in [1.29, 1.82) is 0 Å². The number of hydrogen-bond donors (Lipinski definition) is 1. The Kier molecular flexibility index (Phi) is 4.72. The molecule has 0 aliphatic carbocycles. The largest absolute Gasteiger partial charge is 0.471 e. The van der Waals surface area contributed by atoms with Crippen molar-refractivity contribution in [3.63, 3.8) is 0 Å². The molecule has 2 heterocycles. The van der Waals surface area contributed by atoms with E-state index in [1.54, 1.807) is 6.07 Å². The van der Waals surface area contributed by atoms with Crippen LogP contribution in [0.15, 0.2) is 41.3 Å². The predicted octanol–water partition coefficient (Wildman–Crippen LogP) is 2.60. The summed E-state index contributed by atoms with van der Waals surface area (Å²) in [4.78, 5) is 23.7. The first-order valence-corrected chi connectivity index (χ1v) is 10.3. The number of carbonyl (C=O) groups excluding carboxylic acids is 2. The molecule has 11 heteroatoms. The Morgan fingerprint density at radius 2 is 1.80 bits per heavy atom. The Hall–Kier alpha value is -3.08. The van der Waals surface area contributed by atoms with Gasteiger partial charge in [0.15, 0.2) is 0 Å². The number of anilines is 1. The van der Waals surface area contributed by atoms with E-state index in [4.69, 9.17) is 4.74 Å². The van der Waals surface area contributed by atoms with Gasteiger partial charge >= 0.3 is 18.1 Å². The molecule has 0 spiro atoms. The molecule has 158 valence electrons. The third kappa shape index (κ3) is 3.72. The molecule has 2 aliphatic heterocycles. The fraction of sp³-hybridized carbons (Fsp3) is 0.263. The number of sulfonamides is 1. The van der Waals surface area contributed by atoms with Crippen LogP contribution in [-0.2, 0) is 39.1 Å². The molecule has 1 amide bonds. The van der Waals surface area contributed by atoms with Gasteiger partial charge in [0, 0.05) is 24.3 Å². The number of nitrogens with one attached hydrogen (secondary N) is 1. The zero-order valence-corrected chi connectivity index (χ0v) is 16.1. The molecule has 4 rings (SSSR count). The molecule has 0 fully saturated rings. The lowest BCUT2D eigenvalue weighted by Crippen LogP contribution is -2.43. The molecule has 0 saturated carbocycles. The molecular weight excluding hydrogens is 425 g/mol. The summed E-state index contributed by atoms with van der Waals surface area (Å²) in [5.74, 6) is -2.50. The number of carbonyl (C=O) groups is 2. The summed E-state index contributed by atoms with van der Waals surface area (Å²) in [6.07, 6.45) is -4.80. The Labute approximate surface area is 169 Å². The molecule has 0 saturated heterocycles. The molecule has 30 heavy (non-hydrogen) atoms. The molecule has 0 bridgehead atoms. The maximum absolute atomic E-state index is 12.8. The summed E-state index contributed by atoms with van der Waals surface area (Å²) in [7, 11) is -4.08. The molecule has 0 radical (unpaired) electrons. The van der Waals surface area contributed by atoms with Crippen LogP contribution in [0, 0.1) is 0 Å². The molecule has 2 aliphatic rings. The number of rotatable bonds is 3. The second kappa shape index (κ2) is 7.01. The summed E-state index contributed by atoms with van der Waals surface area (Å²) in [6, 6.07) is 8.56. The van der Waals surface area contributed by atoms with E-state index in [1.807, 2.05) is 0 Å². The Bertz CT molecular complexity index is 1160. The van der Waals surface area contributed by atoms with Crippen LogP contribution >= 0.6 is 0 Å². The summed E-state index contributed by atoms with van der Waals surface area (Å²) in [5, 5.41) is 0. The zero-order chi connectivity index (χ0) is 21.7. The normalized spacial score (nSPS) is 16.0. The summed E-state index contributed by atoms with van der Waals surface area (Å²) in [5.41, 5.74) is 2.08. The van der Waals surface area contributed by atoms with Gasteiger partial charge in [0.05, 0.1) is 10.5 Å². The van der Waals surface area contributed by atoms with Crippen molar-refractivity contribution >= 4 is 27.6 Å². The van der Waals surface area contributed by atoms with Crippen molar-refractivity contribution in [2.45, 2.75) is 30.6 Å². The van der Waals surface area contributed by atoms with Crippen LogP contribution in [0.2, 0.25) is 0 Å². The van der Waals surface area contributed by atoms with Gasteiger partial charge in [-0.05, 0) is 41.8 Å². The van der Waals surface area contributed by atoms with Crippen molar-refractivity contribution in [2.24, 2.45) is 0 Å². The van der Waals surface area contributed by atoms with Crippen molar-refractivity contribution in [3.8, 4) is 0 Å². The van der Waals surface area contributed by atoms with Crippen LogP contribution in [0.3, 0.4) is 0 Å². The molecule has 2 aromatic rings. The quantitative estimate of drug-likeness (QED) is 0.741. The van der Waals surface area contributed by atoms with Gasteiger partial charge in [-0.15, -0.1) is 0 Å².